The number of aromatic nitrogens is 1. The maximum absolute atomic E-state index is 13.7. The number of aromatic hydroxyl groups is 1. The summed E-state index contributed by atoms with van der Waals surface area (Å²) in [4.78, 5) is 4.37. The van der Waals surface area contributed by atoms with Crippen molar-refractivity contribution in [2.75, 3.05) is 6.61 Å². The van der Waals surface area contributed by atoms with Gasteiger partial charge in [0.25, 0.3) is 0 Å². The van der Waals surface area contributed by atoms with Crippen LogP contribution < -0.4 is 0 Å². The molecule has 1 atom stereocenters. The Hall–Kier alpha value is -2.76. The minimum atomic E-state index is -0.791. The third-order valence-corrected chi connectivity index (χ3v) is 4.73. The van der Waals surface area contributed by atoms with Gasteiger partial charge in [-0.2, -0.15) is 0 Å². The van der Waals surface area contributed by atoms with E-state index in [0.29, 0.717) is 24.0 Å². The van der Waals surface area contributed by atoms with E-state index in [0.717, 1.165) is 16.8 Å². The molecule has 0 bridgehead atoms. The summed E-state index contributed by atoms with van der Waals surface area (Å²) in [6.07, 6.45) is 5.14. The Balaban J connectivity index is 2.29. The van der Waals surface area contributed by atoms with Crippen molar-refractivity contribution >= 4 is 11.6 Å². The second-order valence-electron chi connectivity index (χ2n) is 7.17. The average Bonchev–Trinajstić information content (AvgIpc) is 2.71. The van der Waals surface area contributed by atoms with Gasteiger partial charge in [-0.15, -0.1) is 0 Å². The fourth-order valence-electron chi connectivity index (χ4n) is 3.00. The first kappa shape index (κ1) is 22.5. The summed E-state index contributed by atoms with van der Waals surface area (Å²) in [5.41, 5.74) is 3.57. The number of aliphatic hydroxyl groups is 2. The Morgan fingerprint density at radius 2 is 2.00 bits per heavy atom. The van der Waals surface area contributed by atoms with Crippen LogP contribution in [-0.4, -0.2) is 33.0 Å². The van der Waals surface area contributed by atoms with Gasteiger partial charge in [0.2, 0.25) is 0 Å². The highest BCUT2D eigenvalue weighted by Gasteiger charge is 2.17. The van der Waals surface area contributed by atoms with Gasteiger partial charge < -0.3 is 15.3 Å². The number of phenolic OH excluding ortho intramolecular Hbond substituents is 1. The van der Waals surface area contributed by atoms with Gasteiger partial charge in [0.1, 0.15) is 0 Å². The number of hydrogen-bond acceptors (Lipinski definition) is 4. The smallest absolute Gasteiger partial charge is 0.165 e. The molecule has 0 saturated heterocycles. The number of benzene rings is 1. The first-order chi connectivity index (χ1) is 13.8. The molecule has 1 unspecified atom stereocenters. The number of allylic oxidation sites excluding steroid dienone is 1. The van der Waals surface area contributed by atoms with Crippen LogP contribution >= 0.6 is 0 Å². The monoisotopic (exact) mass is 397 g/mol. The van der Waals surface area contributed by atoms with E-state index >= 15 is 0 Å². The van der Waals surface area contributed by atoms with Gasteiger partial charge in [0, 0.05) is 6.20 Å². The third kappa shape index (κ3) is 6.38. The molecule has 2 aromatic rings. The molecule has 1 heterocycles. The Morgan fingerprint density at radius 1 is 1.24 bits per heavy atom. The summed E-state index contributed by atoms with van der Waals surface area (Å²) >= 11 is 0. The van der Waals surface area contributed by atoms with Crippen molar-refractivity contribution in [1.29, 1.82) is 0 Å². The molecule has 0 fully saturated rings. The Morgan fingerprint density at radius 3 is 2.59 bits per heavy atom. The van der Waals surface area contributed by atoms with Crippen molar-refractivity contribution in [3.05, 3.63) is 83.5 Å². The van der Waals surface area contributed by atoms with Crippen LogP contribution in [0.3, 0.4) is 0 Å². The van der Waals surface area contributed by atoms with E-state index in [4.69, 9.17) is 0 Å². The molecule has 1 aromatic carbocycles. The number of pyridine rings is 1. The summed E-state index contributed by atoms with van der Waals surface area (Å²) < 4.78 is 13.7. The quantitative estimate of drug-likeness (QED) is 0.535. The van der Waals surface area contributed by atoms with Crippen molar-refractivity contribution in [3.8, 4) is 5.75 Å². The van der Waals surface area contributed by atoms with E-state index in [2.05, 4.69) is 11.6 Å². The van der Waals surface area contributed by atoms with E-state index in [1.165, 1.54) is 12.1 Å². The van der Waals surface area contributed by atoms with Crippen molar-refractivity contribution in [2.24, 2.45) is 5.92 Å². The molecule has 154 valence electrons. The highest BCUT2D eigenvalue weighted by molar-refractivity contribution is 5.80. The SMILES string of the molecule is C=C(/C(=C/CO)C(O)CC/C(=C/c1ccc(O)c(F)c1)c1ccccn1)C(C)C. The predicted octanol–water partition coefficient (Wildman–Crippen LogP) is 4.74. The second kappa shape index (κ2) is 10.7. The van der Waals surface area contributed by atoms with Gasteiger partial charge in [0.05, 0.1) is 18.4 Å². The zero-order valence-electron chi connectivity index (χ0n) is 16.8. The lowest BCUT2D eigenvalue weighted by atomic mass is 9.89. The number of rotatable bonds is 9. The molecule has 3 N–H and O–H groups in total. The normalized spacial score (nSPS) is 13.6. The topological polar surface area (TPSA) is 73.6 Å². The lowest BCUT2D eigenvalue weighted by Gasteiger charge is -2.20. The molecule has 0 aliphatic carbocycles. The zero-order valence-corrected chi connectivity index (χ0v) is 16.8. The van der Waals surface area contributed by atoms with Crippen LogP contribution in [-0.2, 0) is 0 Å². The molecule has 2 rings (SSSR count). The maximum Gasteiger partial charge on any atom is 0.165 e. The largest absolute Gasteiger partial charge is 0.505 e. The van der Waals surface area contributed by atoms with Crippen LogP contribution in [0.4, 0.5) is 4.39 Å². The van der Waals surface area contributed by atoms with Crippen LogP contribution in [0.15, 0.2) is 66.4 Å². The molecular weight excluding hydrogens is 369 g/mol. The molecule has 4 nitrogen and oxygen atoms in total. The molecule has 0 radical (unpaired) electrons. The summed E-state index contributed by atoms with van der Waals surface area (Å²) in [5, 5.41) is 29.4. The van der Waals surface area contributed by atoms with E-state index in [9.17, 15) is 19.7 Å². The van der Waals surface area contributed by atoms with Gasteiger partial charge in [-0.05, 0) is 71.4 Å². The number of phenols is 1. The Kier molecular flexibility index (Phi) is 8.31. The molecule has 0 amide bonds. The Bertz CT molecular complexity index is 888. The highest BCUT2D eigenvalue weighted by Crippen LogP contribution is 2.28. The summed E-state index contributed by atoms with van der Waals surface area (Å²) in [7, 11) is 0. The second-order valence-corrected chi connectivity index (χ2v) is 7.17. The van der Waals surface area contributed by atoms with Gasteiger partial charge >= 0.3 is 0 Å². The number of hydrogen-bond donors (Lipinski definition) is 3. The first-order valence-electron chi connectivity index (χ1n) is 9.62. The first-order valence-corrected chi connectivity index (χ1v) is 9.62. The van der Waals surface area contributed by atoms with Crippen LogP contribution in [0.1, 0.15) is 37.9 Å². The van der Waals surface area contributed by atoms with E-state index in [-0.39, 0.29) is 12.5 Å². The highest BCUT2D eigenvalue weighted by atomic mass is 19.1. The van der Waals surface area contributed by atoms with Crippen molar-refractivity contribution in [3.63, 3.8) is 0 Å². The number of nitrogens with zero attached hydrogens (tertiary/aromatic N) is 1. The number of halogens is 1. The lowest BCUT2D eigenvalue weighted by molar-refractivity contribution is 0.201. The van der Waals surface area contributed by atoms with E-state index in [1.54, 1.807) is 24.4 Å². The zero-order chi connectivity index (χ0) is 21.4. The molecule has 0 saturated carbocycles. The third-order valence-electron chi connectivity index (χ3n) is 4.73. The standard InChI is InChI=1S/C24H28FNO3/c1-16(2)17(3)20(11-13-27)23(28)10-8-19(22-6-4-5-12-26-22)14-18-7-9-24(29)21(25)15-18/h4-7,9,11-12,14-16,23,27-29H,3,8,10,13H2,1-2H3/b19-14-,20-11-. The molecule has 1 aromatic heterocycles. The minimum Gasteiger partial charge on any atom is -0.505 e. The van der Waals surface area contributed by atoms with Gasteiger partial charge in [-0.25, -0.2) is 4.39 Å². The summed E-state index contributed by atoms with van der Waals surface area (Å²) in [6, 6.07) is 9.71. The predicted molar refractivity (Wildman–Crippen MR) is 115 cm³/mol. The van der Waals surface area contributed by atoms with Crippen molar-refractivity contribution in [1.82, 2.24) is 4.98 Å². The van der Waals surface area contributed by atoms with E-state index < -0.39 is 17.7 Å². The molecule has 0 aliphatic rings. The molecule has 29 heavy (non-hydrogen) atoms. The minimum absolute atomic E-state index is 0.147. The van der Waals surface area contributed by atoms with Gasteiger partial charge in [0.15, 0.2) is 11.6 Å². The maximum atomic E-state index is 13.7. The van der Waals surface area contributed by atoms with Crippen LogP contribution in [0, 0.1) is 11.7 Å². The Labute approximate surface area is 171 Å². The molecular formula is C24H28FNO3. The van der Waals surface area contributed by atoms with Crippen molar-refractivity contribution < 1.29 is 19.7 Å². The van der Waals surface area contributed by atoms with Crippen LogP contribution in [0.2, 0.25) is 0 Å². The molecule has 0 spiro atoms. The molecule has 0 aliphatic heterocycles. The fraction of sp³-hybridized carbons (Fsp3) is 0.292. The lowest BCUT2D eigenvalue weighted by Crippen LogP contribution is -2.15. The van der Waals surface area contributed by atoms with Gasteiger partial charge in [-0.1, -0.05) is 38.6 Å². The van der Waals surface area contributed by atoms with E-state index in [1.807, 2.05) is 32.0 Å². The fourth-order valence-corrected chi connectivity index (χ4v) is 3.00. The molecule has 5 heteroatoms. The van der Waals surface area contributed by atoms with Crippen LogP contribution in [0.25, 0.3) is 11.6 Å². The van der Waals surface area contributed by atoms with Crippen LogP contribution in [0.5, 0.6) is 5.75 Å². The summed E-state index contributed by atoms with van der Waals surface area (Å²) in [5.74, 6) is -0.947. The average molecular weight is 397 g/mol. The number of aliphatic hydroxyl groups excluding tert-OH is 2. The summed E-state index contributed by atoms with van der Waals surface area (Å²) in [6.45, 7) is 7.83. The van der Waals surface area contributed by atoms with Gasteiger partial charge in [-0.3, -0.25) is 4.98 Å². The van der Waals surface area contributed by atoms with Crippen molar-refractivity contribution in [2.45, 2.75) is 32.8 Å².